The molecule has 101 heavy (non-hydrogen) atoms. The van der Waals surface area contributed by atoms with Gasteiger partial charge in [-0.3, -0.25) is 43.2 Å². The van der Waals surface area contributed by atoms with Crippen LogP contribution in [0.1, 0.15) is 342 Å². The molecule has 0 aromatic heterocycles. The molecule has 0 aromatic rings. The lowest BCUT2D eigenvalue weighted by Crippen LogP contribution is -2.60. The summed E-state index contributed by atoms with van der Waals surface area (Å²) in [5, 5.41) is 33.2. The maximum atomic E-state index is 14.5. The number of aliphatic hydroxyl groups excluding tert-OH is 1. The number of aliphatic hydroxyl groups is 1. The van der Waals surface area contributed by atoms with Crippen LogP contribution in [0.2, 0.25) is 0 Å². The number of carbonyl (C=O) groups is 9. The first kappa shape index (κ1) is 96.4. The molecule has 0 radical (unpaired) electrons. The maximum absolute atomic E-state index is 14.5. The van der Waals surface area contributed by atoms with Gasteiger partial charge >= 0.3 is 0 Å². The van der Waals surface area contributed by atoms with E-state index in [1.807, 2.05) is 0 Å². The summed E-state index contributed by atoms with van der Waals surface area (Å²) in [6, 6.07) is -8.45. The third-order valence-corrected chi connectivity index (χ3v) is 20.0. The monoisotopic (exact) mass is 1450 g/mol. The van der Waals surface area contributed by atoms with Gasteiger partial charge in [0, 0.05) is 30.9 Å². The molecule has 19 N–H and O–H groups in total. The maximum Gasteiger partial charge on any atom is 0.245 e. The molecule has 23 nitrogen and oxygen atoms in total. The summed E-state index contributed by atoms with van der Waals surface area (Å²) in [7, 11) is 0. The predicted octanol–water partition coefficient (Wildman–Crippen LogP) is 10.1. The van der Waals surface area contributed by atoms with Gasteiger partial charge in [-0.25, -0.2) is 0 Å². The lowest BCUT2D eigenvalue weighted by Gasteiger charge is -2.27. The van der Waals surface area contributed by atoms with Gasteiger partial charge in [-0.2, -0.15) is 11.8 Å². The summed E-state index contributed by atoms with van der Waals surface area (Å²) in [4.78, 5) is 125. The fraction of sp³-hybridized carbons (Fsp3) is 0.883. The molecule has 0 fully saturated rings. The van der Waals surface area contributed by atoms with Gasteiger partial charge in [0.2, 0.25) is 53.2 Å². The van der Waals surface area contributed by atoms with Crippen molar-refractivity contribution >= 4 is 64.9 Å². The van der Waals surface area contributed by atoms with Crippen molar-refractivity contribution < 1.29 is 48.3 Å². The number of thioether (sulfide) groups is 1. The fourth-order valence-corrected chi connectivity index (χ4v) is 13.5. The second-order valence-corrected chi connectivity index (χ2v) is 29.3. The van der Waals surface area contributed by atoms with E-state index in [0.29, 0.717) is 90.4 Å². The molecule has 0 heterocycles. The molecule has 0 aliphatic rings. The Labute approximate surface area is 616 Å². The molecule has 0 bridgehead atoms. The summed E-state index contributed by atoms with van der Waals surface area (Å²) in [5.41, 5.74) is 28.8. The van der Waals surface area contributed by atoms with E-state index in [0.717, 1.165) is 70.6 Å². The van der Waals surface area contributed by atoms with Gasteiger partial charge in [0.1, 0.15) is 42.3 Å². The van der Waals surface area contributed by atoms with E-state index in [9.17, 15) is 48.3 Å². The first-order valence-electron chi connectivity index (χ1n) is 40.7. The summed E-state index contributed by atoms with van der Waals surface area (Å²) >= 11 is 1.20. The Hall–Kier alpha value is -4.62. The van der Waals surface area contributed by atoms with E-state index in [2.05, 4.69) is 63.3 Å². The van der Waals surface area contributed by atoms with Crippen LogP contribution in [0.3, 0.4) is 0 Å². The van der Waals surface area contributed by atoms with Gasteiger partial charge < -0.3 is 76.3 Å². The minimum Gasteiger partial charge on any atom is -0.394 e. The van der Waals surface area contributed by atoms with E-state index in [1.54, 1.807) is 0 Å². The molecule has 0 unspecified atom stereocenters. The molecule has 0 saturated carbocycles. The highest BCUT2D eigenvalue weighted by molar-refractivity contribution is 7.99. The number of carbonyl (C=O) groups excluding carboxylic acids is 9. The quantitative estimate of drug-likeness (QED) is 0.0252. The highest BCUT2D eigenvalue weighted by Crippen LogP contribution is 2.18. The van der Waals surface area contributed by atoms with Crippen LogP contribution in [-0.2, 0) is 43.2 Å². The standard InChI is InChI=1S/C77H151N13O10S/c1-4-7-10-13-16-19-22-23-24-27-30-33-36-47-58-83-72(95)67(84-69(92)52-37-34-31-28-25-20-17-14-11-8-5-2)60-101-61-68(85-70(93)53-38-35-32-29-26-21-18-15-12-9-6-3)77(100)90-66(59-91)76(99)89-65(51-42-46-57-81)75(98)88-64(50-41-45-56-80)74(97)87-63(49-40-44-55-79)73(96)86-62(71(82)94)48-39-43-54-78/h62-68,91H,4-61,78-81H2,1-3H3,(H2,82,94)(H,83,95)(H,84,92)(H,85,93)(H,86,96)(H,87,97)(H,88,98)(H,89,99)(H,90,100)/t62-,63-,64-,65-,66-,67+,68+/m0/s1. The Morgan fingerprint density at radius 3 is 0.832 bits per heavy atom. The van der Waals surface area contributed by atoms with Crippen molar-refractivity contribution in [2.24, 2.45) is 28.7 Å². The van der Waals surface area contributed by atoms with Gasteiger partial charge in [0.05, 0.1) is 6.61 Å². The van der Waals surface area contributed by atoms with Crippen LogP contribution in [0.4, 0.5) is 0 Å². The molecule has 7 atom stereocenters. The number of primary amides is 1. The lowest BCUT2D eigenvalue weighted by molar-refractivity contribution is -0.136. The van der Waals surface area contributed by atoms with Crippen molar-refractivity contribution in [1.82, 2.24) is 42.5 Å². The molecule has 24 heteroatoms. The van der Waals surface area contributed by atoms with Crippen LogP contribution in [0.5, 0.6) is 0 Å². The number of hydrogen-bond donors (Lipinski definition) is 14. The molecular weight excluding hydrogens is 1300 g/mol. The first-order valence-corrected chi connectivity index (χ1v) is 41.9. The normalized spacial score (nSPS) is 13.4. The van der Waals surface area contributed by atoms with Gasteiger partial charge in [-0.15, -0.1) is 0 Å². The largest absolute Gasteiger partial charge is 0.394 e. The second-order valence-electron chi connectivity index (χ2n) is 28.3. The van der Waals surface area contributed by atoms with Crippen molar-refractivity contribution in [3.8, 4) is 0 Å². The highest BCUT2D eigenvalue weighted by Gasteiger charge is 2.34. The molecule has 590 valence electrons. The third kappa shape index (κ3) is 55.5. The Morgan fingerprint density at radius 1 is 0.287 bits per heavy atom. The van der Waals surface area contributed by atoms with Crippen molar-refractivity contribution in [2.75, 3.05) is 50.8 Å². The van der Waals surface area contributed by atoms with Crippen LogP contribution in [0.25, 0.3) is 0 Å². The van der Waals surface area contributed by atoms with Crippen LogP contribution in [-0.4, -0.2) is 151 Å². The van der Waals surface area contributed by atoms with Gasteiger partial charge in [-0.1, -0.05) is 233 Å². The van der Waals surface area contributed by atoms with Crippen molar-refractivity contribution in [1.29, 1.82) is 0 Å². The average molecular weight is 1450 g/mol. The first-order chi connectivity index (χ1) is 49.1. The van der Waals surface area contributed by atoms with Crippen LogP contribution in [0, 0.1) is 0 Å². The summed E-state index contributed by atoms with van der Waals surface area (Å²) < 4.78 is 0. The number of nitrogens with one attached hydrogen (secondary N) is 8. The minimum atomic E-state index is -1.61. The summed E-state index contributed by atoms with van der Waals surface area (Å²) in [6.07, 6.45) is 46.4. The Balaban J connectivity index is 6.63. The fourth-order valence-electron chi connectivity index (χ4n) is 12.4. The van der Waals surface area contributed by atoms with Crippen molar-refractivity contribution in [2.45, 2.75) is 384 Å². The summed E-state index contributed by atoms with van der Waals surface area (Å²) in [6.45, 7) is 7.54. The SMILES string of the molecule is CCCCCCCCCCCCCCCCNC(=O)[C@@H](CSC[C@@H](NC(=O)CCCCCCCCCCCCC)C(=O)N[C@@H](CO)C(=O)N[C@@H](CCCCN)C(=O)N[C@@H](CCCCN)C(=O)N[C@@H](CCCCN)C(=O)N[C@@H](CCCCN)C(N)=O)NC(=O)CCCCCCCCCCCCC. The molecule has 0 saturated heterocycles. The van der Waals surface area contributed by atoms with E-state index in [1.165, 1.54) is 159 Å². The number of rotatable bonds is 74. The second kappa shape index (κ2) is 69.7. The smallest absolute Gasteiger partial charge is 0.245 e. The number of hydrogen-bond acceptors (Lipinski definition) is 15. The number of unbranched alkanes of at least 4 members (excludes halogenated alkanes) is 37. The van der Waals surface area contributed by atoms with Crippen molar-refractivity contribution in [3.63, 3.8) is 0 Å². The zero-order chi connectivity index (χ0) is 74.6. The van der Waals surface area contributed by atoms with E-state index < -0.39 is 84.3 Å². The van der Waals surface area contributed by atoms with E-state index in [-0.39, 0.29) is 74.3 Å². The zero-order valence-corrected chi connectivity index (χ0v) is 64.8. The van der Waals surface area contributed by atoms with E-state index >= 15 is 0 Å². The Morgan fingerprint density at radius 2 is 0.535 bits per heavy atom. The van der Waals surface area contributed by atoms with Crippen LogP contribution >= 0.6 is 11.8 Å². The molecule has 0 aliphatic carbocycles. The molecule has 0 spiro atoms. The molecule has 0 aliphatic heterocycles. The molecular formula is C77H151N13O10S. The van der Waals surface area contributed by atoms with Crippen LogP contribution < -0.4 is 71.2 Å². The van der Waals surface area contributed by atoms with Gasteiger partial charge in [0.25, 0.3) is 0 Å². The predicted molar refractivity (Wildman–Crippen MR) is 414 cm³/mol. The van der Waals surface area contributed by atoms with Crippen LogP contribution in [0.15, 0.2) is 0 Å². The lowest BCUT2D eigenvalue weighted by atomic mass is 10.0. The molecule has 0 aromatic carbocycles. The molecule has 9 amide bonds. The topological polar surface area (TPSA) is 400 Å². The zero-order valence-electron chi connectivity index (χ0n) is 64.0. The number of nitrogens with two attached hydrogens (primary N) is 5. The Bertz CT molecular complexity index is 2100. The van der Waals surface area contributed by atoms with Crippen molar-refractivity contribution in [3.05, 3.63) is 0 Å². The number of amides is 9. The van der Waals surface area contributed by atoms with Gasteiger partial charge in [0.15, 0.2) is 0 Å². The average Bonchev–Trinajstić information content (AvgIpc) is 0.880. The Kier molecular flexibility index (Phi) is 66.5. The highest BCUT2D eigenvalue weighted by atomic mass is 32.2. The van der Waals surface area contributed by atoms with E-state index in [4.69, 9.17) is 28.7 Å². The van der Waals surface area contributed by atoms with Gasteiger partial charge in [-0.05, 0) is 122 Å². The third-order valence-electron chi connectivity index (χ3n) is 18.9. The molecule has 0 rings (SSSR count). The summed E-state index contributed by atoms with van der Waals surface area (Å²) in [5.74, 6) is -5.47. The minimum absolute atomic E-state index is 0.0548.